The Hall–Kier alpha value is -0.900. The molecule has 0 aliphatic heterocycles. The van der Waals surface area contributed by atoms with Crippen molar-refractivity contribution in [2.75, 3.05) is 13.6 Å². The molecule has 70 valence electrons. The van der Waals surface area contributed by atoms with Gasteiger partial charge in [-0.15, -0.1) is 0 Å². The van der Waals surface area contributed by atoms with Crippen LogP contribution in [-0.4, -0.2) is 31.3 Å². The van der Waals surface area contributed by atoms with E-state index in [0.717, 1.165) is 0 Å². The van der Waals surface area contributed by atoms with Crippen LogP contribution in [0.15, 0.2) is 0 Å². The molecule has 0 saturated heterocycles. The van der Waals surface area contributed by atoms with Gasteiger partial charge in [-0.3, -0.25) is 9.59 Å². The molecule has 0 bridgehead atoms. The van der Waals surface area contributed by atoms with Crippen molar-refractivity contribution in [3.8, 4) is 0 Å². The van der Waals surface area contributed by atoms with Gasteiger partial charge >= 0.3 is 0 Å². The van der Waals surface area contributed by atoms with Gasteiger partial charge in [0.15, 0.2) is 5.78 Å². The first kappa shape index (κ1) is 11.1. The third kappa shape index (κ3) is 4.08. The minimum atomic E-state index is -0.328. The van der Waals surface area contributed by atoms with Crippen LogP contribution in [0.4, 0.5) is 0 Å². The second-order valence-corrected chi connectivity index (χ2v) is 2.67. The van der Waals surface area contributed by atoms with Crippen molar-refractivity contribution in [1.29, 1.82) is 0 Å². The molecule has 1 amide bonds. The first-order chi connectivity index (χ1) is 5.61. The molecule has 0 aliphatic rings. The van der Waals surface area contributed by atoms with E-state index in [1.807, 2.05) is 6.92 Å². The van der Waals surface area contributed by atoms with E-state index in [1.165, 1.54) is 6.92 Å². The summed E-state index contributed by atoms with van der Waals surface area (Å²) in [5.41, 5.74) is 0. The third-order valence-corrected chi connectivity index (χ3v) is 1.57. The summed E-state index contributed by atoms with van der Waals surface area (Å²) in [7, 11) is 1.69. The van der Waals surface area contributed by atoms with Crippen molar-refractivity contribution in [3.63, 3.8) is 0 Å². The second-order valence-electron chi connectivity index (χ2n) is 2.67. The van der Waals surface area contributed by atoms with Crippen molar-refractivity contribution >= 4 is 11.7 Å². The fourth-order valence-electron chi connectivity index (χ4n) is 0.897. The molecule has 12 heavy (non-hydrogen) atoms. The average molecular weight is 172 g/mol. The lowest BCUT2D eigenvalue weighted by atomic mass is 10.1. The monoisotopic (exact) mass is 172 g/mol. The van der Waals surface area contributed by atoms with Crippen LogP contribution in [-0.2, 0) is 9.59 Å². The number of amides is 1. The zero-order valence-electron chi connectivity index (χ0n) is 7.81. The Morgan fingerprint density at radius 1 is 1.42 bits per heavy atom. The Morgan fingerprint density at radius 3 is 2.33 bits per heavy atom. The predicted octanol–water partition coefficient (Wildman–Crippen LogP) is -0.310. The van der Waals surface area contributed by atoms with Crippen LogP contribution in [0.5, 0.6) is 0 Å². The van der Waals surface area contributed by atoms with E-state index in [0.29, 0.717) is 6.42 Å². The van der Waals surface area contributed by atoms with E-state index in [1.54, 1.807) is 7.05 Å². The number of carbonyl (C=O) groups is 2. The summed E-state index contributed by atoms with van der Waals surface area (Å²) in [5, 5.41) is 5.33. The molecule has 0 heterocycles. The number of rotatable bonds is 5. The normalized spacial score (nSPS) is 12.2. The summed E-state index contributed by atoms with van der Waals surface area (Å²) >= 11 is 0. The summed E-state index contributed by atoms with van der Waals surface area (Å²) in [5.74, 6) is -0.137. The van der Waals surface area contributed by atoms with Crippen LogP contribution in [0.2, 0.25) is 0 Å². The minimum Gasteiger partial charge on any atom is -0.345 e. The summed E-state index contributed by atoms with van der Waals surface area (Å²) in [6.07, 6.45) is 0.644. The maximum absolute atomic E-state index is 11.0. The fourth-order valence-corrected chi connectivity index (χ4v) is 0.897. The van der Waals surface area contributed by atoms with Gasteiger partial charge in [0.25, 0.3) is 0 Å². The zero-order valence-corrected chi connectivity index (χ0v) is 7.81. The first-order valence-electron chi connectivity index (χ1n) is 4.06. The Balaban J connectivity index is 3.85. The molecular formula is C8H16N2O2. The molecule has 0 spiro atoms. The Bertz CT molecular complexity index is 168. The average Bonchev–Trinajstić information content (AvgIpc) is 2.00. The lowest BCUT2D eigenvalue weighted by Gasteiger charge is -2.12. The fraction of sp³-hybridized carbons (Fsp3) is 0.750. The SMILES string of the molecule is CCC(NC(=O)CNC)C(C)=O. The van der Waals surface area contributed by atoms with Gasteiger partial charge in [-0.25, -0.2) is 0 Å². The maximum Gasteiger partial charge on any atom is 0.234 e. The van der Waals surface area contributed by atoms with E-state index in [-0.39, 0.29) is 24.3 Å². The molecule has 4 nitrogen and oxygen atoms in total. The number of Topliss-reactive ketones (excluding diaryl/α,β-unsaturated/α-hetero) is 1. The standard InChI is InChI=1S/C8H16N2O2/c1-4-7(6(2)11)10-8(12)5-9-3/h7,9H,4-5H2,1-3H3,(H,10,12). The molecule has 4 heteroatoms. The number of ketones is 1. The lowest BCUT2D eigenvalue weighted by molar-refractivity contribution is -0.126. The number of nitrogens with one attached hydrogen (secondary N) is 2. The van der Waals surface area contributed by atoms with Crippen LogP contribution in [0, 0.1) is 0 Å². The van der Waals surface area contributed by atoms with E-state index in [4.69, 9.17) is 0 Å². The van der Waals surface area contributed by atoms with Crippen molar-refractivity contribution in [1.82, 2.24) is 10.6 Å². The Morgan fingerprint density at radius 2 is 2.00 bits per heavy atom. The summed E-state index contributed by atoms with van der Waals surface area (Å²) in [6.45, 7) is 3.60. The summed E-state index contributed by atoms with van der Waals surface area (Å²) in [6, 6.07) is -0.328. The van der Waals surface area contributed by atoms with Gasteiger partial charge in [-0.2, -0.15) is 0 Å². The van der Waals surface area contributed by atoms with Crippen LogP contribution in [0.3, 0.4) is 0 Å². The Labute approximate surface area is 72.7 Å². The predicted molar refractivity (Wildman–Crippen MR) is 46.8 cm³/mol. The van der Waals surface area contributed by atoms with Gasteiger partial charge in [-0.05, 0) is 20.4 Å². The van der Waals surface area contributed by atoms with Crippen LogP contribution in [0.25, 0.3) is 0 Å². The summed E-state index contributed by atoms with van der Waals surface area (Å²) < 4.78 is 0. The smallest absolute Gasteiger partial charge is 0.234 e. The minimum absolute atomic E-state index is 0.00181. The summed E-state index contributed by atoms with van der Waals surface area (Å²) in [4.78, 5) is 21.9. The van der Waals surface area contributed by atoms with Gasteiger partial charge in [-0.1, -0.05) is 6.92 Å². The number of carbonyl (C=O) groups excluding carboxylic acids is 2. The van der Waals surface area contributed by atoms with Crippen molar-refractivity contribution in [2.24, 2.45) is 0 Å². The largest absolute Gasteiger partial charge is 0.345 e. The highest BCUT2D eigenvalue weighted by molar-refractivity contribution is 5.88. The van der Waals surface area contributed by atoms with Crippen LogP contribution >= 0.6 is 0 Å². The number of likely N-dealkylation sites (N-methyl/N-ethyl adjacent to an activating group) is 1. The topological polar surface area (TPSA) is 58.2 Å². The molecule has 0 saturated carbocycles. The highest BCUT2D eigenvalue weighted by atomic mass is 16.2. The first-order valence-corrected chi connectivity index (χ1v) is 4.06. The number of hydrogen-bond acceptors (Lipinski definition) is 3. The van der Waals surface area contributed by atoms with E-state index < -0.39 is 0 Å². The highest BCUT2D eigenvalue weighted by Crippen LogP contribution is 1.91. The van der Waals surface area contributed by atoms with E-state index in [2.05, 4.69) is 10.6 Å². The van der Waals surface area contributed by atoms with Crippen molar-refractivity contribution in [2.45, 2.75) is 26.3 Å². The van der Waals surface area contributed by atoms with Crippen LogP contribution < -0.4 is 10.6 Å². The lowest BCUT2D eigenvalue weighted by Crippen LogP contribution is -2.42. The van der Waals surface area contributed by atoms with Crippen molar-refractivity contribution in [3.05, 3.63) is 0 Å². The quantitative estimate of drug-likeness (QED) is 0.598. The molecule has 0 aliphatic carbocycles. The third-order valence-electron chi connectivity index (χ3n) is 1.57. The van der Waals surface area contributed by atoms with Gasteiger partial charge in [0.05, 0.1) is 12.6 Å². The molecule has 1 unspecified atom stereocenters. The highest BCUT2D eigenvalue weighted by Gasteiger charge is 2.13. The van der Waals surface area contributed by atoms with E-state index in [9.17, 15) is 9.59 Å². The molecule has 0 radical (unpaired) electrons. The molecule has 2 N–H and O–H groups in total. The van der Waals surface area contributed by atoms with E-state index >= 15 is 0 Å². The Kier molecular flexibility index (Phi) is 5.28. The van der Waals surface area contributed by atoms with Crippen molar-refractivity contribution < 1.29 is 9.59 Å². The molecule has 0 fully saturated rings. The maximum atomic E-state index is 11.0. The molecule has 0 aromatic carbocycles. The number of hydrogen-bond donors (Lipinski definition) is 2. The molecular weight excluding hydrogens is 156 g/mol. The molecule has 0 rings (SSSR count). The zero-order chi connectivity index (χ0) is 9.56. The van der Waals surface area contributed by atoms with Gasteiger partial charge in [0.1, 0.15) is 0 Å². The molecule has 0 aromatic rings. The molecule has 1 atom stereocenters. The van der Waals surface area contributed by atoms with Gasteiger partial charge in [0, 0.05) is 0 Å². The van der Waals surface area contributed by atoms with Gasteiger partial charge in [0.2, 0.25) is 5.91 Å². The van der Waals surface area contributed by atoms with Crippen LogP contribution in [0.1, 0.15) is 20.3 Å². The molecule has 0 aromatic heterocycles. The second kappa shape index (κ2) is 5.71. The van der Waals surface area contributed by atoms with Gasteiger partial charge < -0.3 is 10.6 Å².